The van der Waals surface area contributed by atoms with Crippen molar-refractivity contribution in [1.82, 2.24) is 16.2 Å². The number of amides is 1. The van der Waals surface area contributed by atoms with Gasteiger partial charge in [-0.1, -0.05) is 24.3 Å². The molecule has 1 amide bonds. The Kier molecular flexibility index (Phi) is 4.87. The quantitative estimate of drug-likeness (QED) is 0.807. The van der Waals surface area contributed by atoms with Crippen molar-refractivity contribution in [2.45, 2.75) is 19.0 Å². The summed E-state index contributed by atoms with van der Waals surface area (Å²) in [5.41, 5.74) is 7.72. The summed E-state index contributed by atoms with van der Waals surface area (Å²) >= 11 is 0. The Morgan fingerprint density at radius 2 is 1.67 bits per heavy atom. The Bertz CT molecular complexity index is 703. The Morgan fingerprint density at radius 3 is 2.29 bits per heavy atom. The molecule has 1 saturated heterocycles. The number of benzene rings is 2. The molecule has 3 N–H and O–H groups in total. The Hall–Kier alpha value is -2.31. The third kappa shape index (κ3) is 3.60. The van der Waals surface area contributed by atoms with Crippen LogP contribution in [0.4, 0.5) is 8.78 Å². The molecule has 24 heavy (non-hydrogen) atoms. The summed E-state index contributed by atoms with van der Waals surface area (Å²) in [4.78, 5) is 12.6. The standard InChI is InChI=1S/C18H19F2N3O/c1-11(12-2-6-14(19)7-3-12)22-18(24)16-10-21-23-17(16)13-4-8-15(20)9-5-13/h2-9,11,16-17,21,23H,10H2,1H3,(H,22,24). The molecule has 3 atom stereocenters. The first-order valence-corrected chi connectivity index (χ1v) is 7.84. The van der Waals surface area contributed by atoms with Crippen LogP contribution in [0.3, 0.4) is 0 Å². The largest absolute Gasteiger partial charge is 0.349 e. The van der Waals surface area contributed by atoms with Crippen molar-refractivity contribution in [3.05, 3.63) is 71.3 Å². The third-order valence-corrected chi connectivity index (χ3v) is 4.28. The van der Waals surface area contributed by atoms with Gasteiger partial charge in [0, 0.05) is 6.54 Å². The first kappa shape index (κ1) is 16.5. The van der Waals surface area contributed by atoms with Crippen LogP contribution < -0.4 is 16.2 Å². The molecule has 1 aliphatic rings. The van der Waals surface area contributed by atoms with E-state index in [0.29, 0.717) is 6.54 Å². The molecular weight excluding hydrogens is 312 g/mol. The molecule has 0 aliphatic carbocycles. The second kappa shape index (κ2) is 7.07. The highest BCUT2D eigenvalue weighted by molar-refractivity contribution is 5.80. The van der Waals surface area contributed by atoms with Crippen molar-refractivity contribution >= 4 is 5.91 Å². The van der Waals surface area contributed by atoms with Gasteiger partial charge in [0.15, 0.2) is 0 Å². The molecule has 0 aromatic heterocycles. The fourth-order valence-corrected chi connectivity index (χ4v) is 2.88. The van der Waals surface area contributed by atoms with Gasteiger partial charge in [0.1, 0.15) is 11.6 Å². The number of hydrazine groups is 1. The Morgan fingerprint density at radius 1 is 1.08 bits per heavy atom. The van der Waals surface area contributed by atoms with Crippen LogP contribution in [0.5, 0.6) is 0 Å². The van der Waals surface area contributed by atoms with E-state index in [9.17, 15) is 13.6 Å². The number of halogens is 2. The summed E-state index contributed by atoms with van der Waals surface area (Å²) in [7, 11) is 0. The third-order valence-electron chi connectivity index (χ3n) is 4.28. The van der Waals surface area contributed by atoms with Crippen molar-refractivity contribution in [1.29, 1.82) is 0 Å². The van der Waals surface area contributed by atoms with Crippen LogP contribution in [0.1, 0.15) is 30.1 Å². The van der Waals surface area contributed by atoms with Crippen molar-refractivity contribution in [3.8, 4) is 0 Å². The van der Waals surface area contributed by atoms with Crippen LogP contribution in [-0.4, -0.2) is 12.5 Å². The first-order valence-electron chi connectivity index (χ1n) is 7.84. The fourth-order valence-electron chi connectivity index (χ4n) is 2.88. The summed E-state index contributed by atoms with van der Waals surface area (Å²) in [6.45, 7) is 2.33. The van der Waals surface area contributed by atoms with E-state index in [0.717, 1.165) is 11.1 Å². The molecule has 1 fully saturated rings. The highest BCUT2D eigenvalue weighted by Gasteiger charge is 2.34. The molecule has 0 spiro atoms. The van der Waals surface area contributed by atoms with Gasteiger partial charge in [0.25, 0.3) is 0 Å². The number of rotatable bonds is 4. The lowest BCUT2D eigenvalue weighted by Gasteiger charge is -2.21. The second-order valence-corrected chi connectivity index (χ2v) is 5.94. The average molecular weight is 331 g/mol. The van der Waals surface area contributed by atoms with E-state index >= 15 is 0 Å². The highest BCUT2D eigenvalue weighted by atomic mass is 19.1. The lowest BCUT2D eigenvalue weighted by atomic mass is 9.93. The molecule has 126 valence electrons. The second-order valence-electron chi connectivity index (χ2n) is 5.94. The van der Waals surface area contributed by atoms with E-state index in [-0.39, 0.29) is 35.5 Å². The molecule has 0 saturated carbocycles. The maximum atomic E-state index is 13.1. The normalized spacial score (nSPS) is 21.5. The zero-order valence-corrected chi connectivity index (χ0v) is 13.2. The van der Waals surface area contributed by atoms with E-state index in [1.807, 2.05) is 6.92 Å². The van der Waals surface area contributed by atoms with E-state index in [1.165, 1.54) is 24.3 Å². The molecule has 0 radical (unpaired) electrons. The van der Waals surface area contributed by atoms with Gasteiger partial charge in [-0.05, 0) is 42.3 Å². The lowest BCUT2D eigenvalue weighted by Crippen LogP contribution is -2.36. The van der Waals surface area contributed by atoms with Crippen LogP contribution in [0, 0.1) is 17.6 Å². The van der Waals surface area contributed by atoms with Crippen LogP contribution in [0.25, 0.3) is 0 Å². The minimum absolute atomic E-state index is 0.112. The molecule has 1 heterocycles. The SMILES string of the molecule is CC(NC(=O)C1CNNC1c1ccc(F)cc1)c1ccc(F)cc1. The van der Waals surface area contributed by atoms with Crippen LogP contribution >= 0.6 is 0 Å². The van der Waals surface area contributed by atoms with Crippen molar-refractivity contribution < 1.29 is 13.6 Å². The predicted molar refractivity (Wildman–Crippen MR) is 86.7 cm³/mol. The molecule has 6 heteroatoms. The van der Waals surface area contributed by atoms with Gasteiger partial charge in [-0.25, -0.2) is 14.2 Å². The molecular formula is C18H19F2N3O. The lowest BCUT2D eigenvalue weighted by molar-refractivity contribution is -0.125. The van der Waals surface area contributed by atoms with Gasteiger partial charge in [-0.2, -0.15) is 0 Å². The van der Waals surface area contributed by atoms with Crippen molar-refractivity contribution in [3.63, 3.8) is 0 Å². The van der Waals surface area contributed by atoms with E-state index in [1.54, 1.807) is 24.3 Å². The molecule has 1 aliphatic heterocycles. The smallest absolute Gasteiger partial charge is 0.226 e. The van der Waals surface area contributed by atoms with Gasteiger partial charge < -0.3 is 5.32 Å². The molecule has 3 unspecified atom stereocenters. The highest BCUT2D eigenvalue weighted by Crippen LogP contribution is 2.26. The maximum absolute atomic E-state index is 13.1. The van der Waals surface area contributed by atoms with Crippen LogP contribution in [0.15, 0.2) is 48.5 Å². The molecule has 3 rings (SSSR count). The summed E-state index contributed by atoms with van der Waals surface area (Å²) in [5.74, 6) is -1.05. The van der Waals surface area contributed by atoms with Gasteiger partial charge in [-0.15, -0.1) is 0 Å². The maximum Gasteiger partial charge on any atom is 0.226 e. The monoisotopic (exact) mass is 331 g/mol. The molecule has 0 bridgehead atoms. The number of nitrogens with one attached hydrogen (secondary N) is 3. The number of hydrogen-bond acceptors (Lipinski definition) is 3. The summed E-state index contributed by atoms with van der Waals surface area (Å²) in [6.07, 6.45) is 0. The number of carbonyl (C=O) groups excluding carboxylic acids is 1. The van der Waals surface area contributed by atoms with Crippen LogP contribution in [0.2, 0.25) is 0 Å². The summed E-state index contributed by atoms with van der Waals surface area (Å²) in [5, 5.41) is 2.95. The number of carbonyl (C=O) groups is 1. The Balaban J connectivity index is 1.69. The van der Waals surface area contributed by atoms with E-state index in [4.69, 9.17) is 0 Å². The van der Waals surface area contributed by atoms with Gasteiger partial charge in [0.05, 0.1) is 18.0 Å². The zero-order chi connectivity index (χ0) is 17.1. The topological polar surface area (TPSA) is 53.2 Å². The zero-order valence-electron chi connectivity index (χ0n) is 13.2. The first-order chi connectivity index (χ1) is 11.5. The summed E-state index contributed by atoms with van der Waals surface area (Å²) < 4.78 is 26.1. The minimum atomic E-state index is -0.321. The van der Waals surface area contributed by atoms with Crippen LogP contribution in [-0.2, 0) is 4.79 Å². The molecule has 2 aromatic carbocycles. The van der Waals surface area contributed by atoms with E-state index < -0.39 is 0 Å². The van der Waals surface area contributed by atoms with Crippen molar-refractivity contribution in [2.24, 2.45) is 5.92 Å². The van der Waals surface area contributed by atoms with Crippen molar-refractivity contribution in [2.75, 3.05) is 6.54 Å². The minimum Gasteiger partial charge on any atom is -0.349 e. The molecule has 4 nitrogen and oxygen atoms in total. The Labute approximate surface area is 139 Å². The average Bonchev–Trinajstić information content (AvgIpc) is 3.06. The van der Waals surface area contributed by atoms with Gasteiger partial charge >= 0.3 is 0 Å². The predicted octanol–water partition coefficient (Wildman–Crippen LogP) is 2.61. The fraction of sp³-hybridized carbons (Fsp3) is 0.278. The van der Waals surface area contributed by atoms with Gasteiger partial charge in [0.2, 0.25) is 5.91 Å². The van der Waals surface area contributed by atoms with E-state index in [2.05, 4.69) is 16.2 Å². The van der Waals surface area contributed by atoms with Gasteiger partial charge in [-0.3, -0.25) is 10.2 Å². The number of hydrogen-bond donors (Lipinski definition) is 3. The summed E-state index contributed by atoms with van der Waals surface area (Å²) in [6, 6.07) is 11.7. The molecule has 2 aromatic rings.